The third kappa shape index (κ3) is 5.20. The molecule has 1 saturated heterocycles. The summed E-state index contributed by atoms with van der Waals surface area (Å²) >= 11 is 0. The molecule has 4 rings (SSSR count). The first-order chi connectivity index (χ1) is 15.4. The van der Waals surface area contributed by atoms with Gasteiger partial charge >= 0.3 is 0 Å². The molecule has 3 atom stereocenters. The molecule has 0 radical (unpaired) electrons. The summed E-state index contributed by atoms with van der Waals surface area (Å²) in [6, 6.07) is 14.2. The predicted octanol–water partition coefficient (Wildman–Crippen LogP) is 2.16. The molecule has 0 saturated carbocycles. The largest absolute Gasteiger partial charge is 0.394 e. The van der Waals surface area contributed by atoms with Crippen LogP contribution in [-0.4, -0.2) is 55.7 Å². The van der Waals surface area contributed by atoms with E-state index >= 15 is 0 Å². The van der Waals surface area contributed by atoms with Crippen LogP contribution in [0.4, 0.5) is 0 Å². The van der Waals surface area contributed by atoms with E-state index < -0.39 is 22.2 Å². The first-order valence-electron chi connectivity index (χ1n) is 11.1. The number of hydrogen-bond donors (Lipinski definition) is 2. The molecule has 7 nitrogen and oxygen atoms in total. The van der Waals surface area contributed by atoms with Crippen molar-refractivity contribution in [2.45, 2.75) is 62.3 Å². The molecule has 0 aliphatic carbocycles. The summed E-state index contributed by atoms with van der Waals surface area (Å²) in [5, 5.41) is 9.82. The highest BCUT2D eigenvalue weighted by molar-refractivity contribution is 7.89. The standard InChI is InChI=1S/C24H30N2O5S/c1-17-6-9-21(10-7-17)32(29,30)25-22-11-8-20(31-23(22)16-27)14-24(28)26-13-12-18-4-2-3-5-19(18)15-26/h2-7,9-10,20,22-23,25,27H,8,11-16H2,1H3/t20-,22-,23+/m1/s1. The minimum Gasteiger partial charge on any atom is -0.394 e. The van der Waals surface area contributed by atoms with Gasteiger partial charge < -0.3 is 14.7 Å². The van der Waals surface area contributed by atoms with Crippen LogP contribution >= 0.6 is 0 Å². The Morgan fingerprint density at radius 3 is 2.56 bits per heavy atom. The number of aliphatic hydroxyl groups excluding tert-OH is 1. The third-order valence-electron chi connectivity index (χ3n) is 6.32. The number of aryl methyl sites for hydroxylation is 1. The number of amides is 1. The topological polar surface area (TPSA) is 95.9 Å². The Morgan fingerprint density at radius 2 is 1.84 bits per heavy atom. The maximum absolute atomic E-state index is 12.9. The van der Waals surface area contributed by atoms with Gasteiger partial charge in [-0.2, -0.15) is 0 Å². The number of carbonyl (C=O) groups excluding carboxylic acids is 1. The lowest BCUT2D eigenvalue weighted by Crippen LogP contribution is -2.51. The zero-order valence-electron chi connectivity index (χ0n) is 18.2. The Kier molecular flexibility index (Phi) is 6.95. The number of ether oxygens (including phenoxy) is 1. The second kappa shape index (κ2) is 9.70. The van der Waals surface area contributed by atoms with Crippen molar-refractivity contribution in [3.05, 3.63) is 65.2 Å². The first-order valence-corrected chi connectivity index (χ1v) is 12.5. The second-order valence-corrected chi connectivity index (χ2v) is 10.3. The number of hydrogen-bond acceptors (Lipinski definition) is 5. The molecule has 1 amide bonds. The van der Waals surface area contributed by atoms with Crippen LogP contribution in [0.25, 0.3) is 0 Å². The number of carbonyl (C=O) groups is 1. The van der Waals surface area contributed by atoms with E-state index in [1.165, 1.54) is 11.1 Å². The third-order valence-corrected chi connectivity index (χ3v) is 7.82. The summed E-state index contributed by atoms with van der Waals surface area (Å²) < 4.78 is 34.1. The van der Waals surface area contributed by atoms with E-state index in [9.17, 15) is 18.3 Å². The molecular formula is C24H30N2O5S. The van der Waals surface area contributed by atoms with Crippen LogP contribution in [0, 0.1) is 6.92 Å². The smallest absolute Gasteiger partial charge is 0.240 e. The van der Waals surface area contributed by atoms with Crippen LogP contribution in [0.5, 0.6) is 0 Å². The van der Waals surface area contributed by atoms with Gasteiger partial charge in [-0.15, -0.1) is 0 Å². The number of nitrogens with zero attached hydrogens (tertiary/aromatic N) is 1. The van der Waals surface area contributed by atoms with E-state index in [1.807, 2.05) is 24.0 Å². The highest BCUT2D eigenvalue weighted by Crippen LogP contribution is 2.26. The van der Waals surface area contributed by atoms with E-state index in [4.69, 9.17) is 4.74 Å². The Labute approximate surface area is 189 Å². The first kappa shape index (κ1) is 22.9. The van der Waals surface area contributed by atoms with Crippen LogP contribution < -0.4 is 4.72 Å². The molecule has 2 heterocycles. The van der Waals surface area contributed by atoms with Gasteiger partial charge in [0.25, 0.3) is 0 Å². The monoisotopic (exact) mass is 458 g/mol. The molecule has 1 fully saturated rings. The maximum Gasteiger partial charge on any atom is 0.240 e. The Balaban J connectivity index is 1.34. The number of fused-ring (bicyclic) bond motifs is 1. The second-order valence-electron chi connectivity index (χ2n) is 8.64. The molecule has 0 aromatic heterocycles. The maximum atomic E-state index is 12.9. The zero-order chi connectivity index (χ0) is 22.7. The van der Waals surface area contributed by atoms with Gasteiger partial charge in [0, 0.05) is 13.1 Å². The SMILES string of the molecule is Cc1ccc(S(=O)(=O)N[C@@H]2CC[C@H](CC(=O)N3CCc4ccccc4C3)O[C@H]2CO)cc1. The van der Waals surface area contributed by atoms with E-state index in [0.29, 0.717) is 25.9 Å². The fourth-order valence-electron chi connectivity index (χ4n) is 4.43. The molecule has 172 valence electrons. The highest BCUT2D eigenvalue weighted by Gasteiger charge is 2.35. The molecule has 0 bridgehead atoms. The van der Waals surface area contributed by atoms with Gasteiger partial charge in [-0.05, 0) is 49.4 Å². The van der Waals surface area contributed by atoms with Crippen molar-refractivity contribution in [3.63, 3.8) is 0 Å². The molecule has 2 aliphatic rings. The zero-order valence-corrected chi connectivity index (χ0v) is 19.1. The number of sulfonamides is 1. The summed E-state index contributed by atoms with van der Waals surface area (Å²) in [5.74, 6) is 0.0277. The van der Waals surface area contributed by atoms with Crippen LogP contribution in [-0.2, 0) is 32.5 Å². The lowest BCUT2D eigenvalue weighted by atomic mass is 9.96. The van der Waals surface area contributed by atoms with E-state index in [0.717, 1.165) is 12.0 Å². The van der Waals surface area contributed by atoms with Crippen molar-refractivity contribution in [2.75, 3.05) is 13.2 Å². The van der Waals surface area contributed by atoms with Crippen molar-refractivity contribution in [2.24, 2.45) is 0 Å². The Morgan fingerprint density at radius 1 is 1.12 bits per heavy atom. The normalized spacial score (nSPS) is 23.6. The van der Waals surface area contributed by atoms with Crippen molar-refractivity contribution >= 4 is 15.9 Å². The predicted molar refractivity (Wildman–Crippen MR) is 120 cm³/mol. The van der Waals surface area contributed by atoms with E-state index in [-0.39, 0.29) is 29.9 Å². The number of nitrogens with one attached hydrogen (secondary N) is 1. The Bertz CT molecular complexity index is 1050. The van der Waals surface area contributed by atoms with Crippen molar-refractivity contribution in [3.8, 4) is 0 Å². The molecular weight excluding hydrogens is 428 g/mol. The molecule has 0 unspecified atom stereocenters. The van der Waals surface area contributed by atoms with Crippen molar-refractivity contribution < 1.29 is 23.1 Å². The van der Waals surface area contributed by atoms with Gasteiger partial charge in [-0.25, -0.2) is 13.1 Å². The van der Waals surface area contributed by atoms with Crippen molar-refractivity contribution in [1.29, 1.82) is 0 Å². The highest BCUT2D eigenvalue weighted by atomic mass is 32.2. The van der Waals surface area contributed by atoms with Crippen LogP contribution in [0.1, 0.15) is 36.0 Å². The number of aliphatic hydroxyl groups is 1. The fourth-order valence-corrected chi connectivity index (χ4v) is 5.73. The molecule has 2 N–H and O–H groups in total. The van der Waals surface area contributed by atoms with Gasteiger partial charge in [0.1, 0.15) is 0 Å². The number of rotatable bonds is 6. The molecule has 0 spiro atoms. The average molecular weight is 459 g/mol. The summed E-state index contributed by atoms with van der Waals surface area (Å²) in [5.41, 5.74) is 3.44. The summed E-state index contributed by atoms with van der Waals surface area (Å²) in [6.07, 6.45) is 1.09. The van der Waals surface area contributed by atoms with Gasteiger partial charge in [0.05, 0.1) is 36.2 Å². The lowest BCUT2D eigenvalue weighted by molar-refractivity contribution is -0.140. The minimum absolute atomic E-state index is 0.0277. The molecule has 8 heteroatoms. The van der Waals surface area contributed by atoms with Crippen LogP contribution in [0.15, 0.2) is 53.4 Å². The molecule has 32 heavy (non-hydrogen) atoms. The van der Waals surface area contributed by atoms with E-state index in [1.54, 1.807) is 24.3 Å². The quantitative estimate of drug-likeness (QED) is 0.692. The van der Waals surface area contributed by atoms with Crippen LogP contribution in [0.2, 0.25) is 0 Å². The Hall–Kier alpha value is -2.26. The van der Waals surface area contributed by atoms with Gasteiger partial charge in [0.2, 0.25) is 15.9 Å². The van der Waals surface area contributed by atoms with Crippen molar-refractivity contribution in [1.82, 2.24) is 9.62 Å². The molecule has 2 aromatic rings. The summed E-state index contributed by atoms with van der Waals surface area (Å²) in [6.45, 7) is 2.86. The lowest BCUT2D eigenvalue weighted by Gasteiger charge is -2.37. The minimum atomic E-state index is -3.72. The summed E-state index contributed by atoms with van der Waals surface area (Å²) in [7, 11) is -3.72. The van der Waals surface area contributed by atoms with Gasteiger partial charge in [-0.3, -0.25) is 4.79 Å². The summed E-state index contributed by atoms with van der Waals surface area (Å²) in [4.78, 5) is 14.9. The number of benzene rings is 2. The van der Waals surface area contributed by atoms with E-state index in [2.05, 4.69) is 16.9 Å². The van der Waals surface area contributed by atoms with Gasteiger partial charge in [-0.1, -0.05) is 42.0 Å². The molecule has 2 aromatic carbocycles. The van der Waals surface area contributed by atoms with Crippen LogP contribution in [0.3, 0.4) is 0 Å². The average Bonchev–Trinajstić information content (AvgIpc) is 2.79. The fraction of sp³-hybridized carbons (Fsp3) is 0.458. The van der Waals surface area contributed by atoms with Gasteiger partial charge in [0.15, 0.2) is 0 Å². The molecule has 2 aliphatic heterocycles.